The number of carbonyl (C=O) groups excluding carboxylic acids is 1. The molecule has 0 aliphatic carbocycles. The average molecular weight is 291 g/mol. The first kappa shape index (κ1) is 15.2. The highest BCUT2D eigenvalue weighted by molar-refractivity contribution is 5.90. The predicted molar refractivity (Wildman–Crippen MR) is 81.0 cm³/mol. The van der Waals surface area contributed by atoms with Gasteiger partial charge in [0.05, 0.1) is 5.39 Å². The van der Waals surface area contributed by atoms with E-state index in [0.717, 1.165) is 22.1 Å². The highest BCUT2D eigenvalue weighted by atomic mass is 16.6. The highest BCUT2D eigenvalue weighted by Crippen LogP contribution is 2.28. The number of aryl methyl sites for hydroxylation is 2. The van der Waals surface area contributed by atoms with Crippen LogP contribution in [0, 0.1) is 13.8 Å². The van der Waals surface area contributed by atoms with Crippen molar-refractivity contribution in [2.75, 3.05) is 5.73 Å². The number of nitrogens with two attached hydrogens (primary N) is 1. The SMILES string of the molecule is Cc1cc2c(N)noc2c(C)c1CNC(=O)OC(C)(C)C. The Morgan fingerprint density at radius 2 is 2.10 bits per heavy atom. The van der Waals surface area contributed by atoms with Gasteiger partial charge in [0.2, 0.25) is 0 Å². The van der Waals surface area contributed by atoms with E-state index in [1.807, 2.05) is 40.7 Å². The molecule has 0 spiro atoms. The molecule has 1 aromatic carbocycles. The molecule has 21 heavy (non-hydrogen) atoms. The fraction of sp³-hybridized carbons (Fsp3) is 0.467. The number of hydrogen-bond donors (Lipinski definition) is 2. The number of alkyl carbamates (subject to hydrolysis) is 1. The van der Waals surface area contributed by atoms with Gasteiger partial charge in [-0.15, -0.1) is 0 Å². The minimum atomic E-state index is -0.516. The van der Waals surface area contributed by atoms with Gasteiger partial charge in [-0.1, -0.05) is 5.16 Å². The van der Waals surface area contributed by atoms with Gasteiger partial charge >= 0.3 is 6.09 Å². The number of amides is 1. The van der Waals surface area contributed by atoms with Gasteiger partial charge in [0.25, 0.3) is 0 Å². The Hall–Kier alpha value is -2.24. The molecule has 114 valence electrons. The molecule has 0 aliphatic heterocycles. The van der Waals surface area contributed by atoms with Crippen LogP contribution in [0.15, 0.2) is 10.6 Å². The summed E-state index contributed by atoms with van der Waals surface area (Å²) in [6, 6.07) is 1.92. The van der Waals surface area contributed by atoms with Gasteiger partial charge in [-0.25, -0.2) is 4.79 Å². The lowest BCUT2D eigenvalue weighted by Crippen LogP contribution is -2.32. The Labute approximate surface area is 123 Å². The second kappa shape index (κ2) is 5.27. The Morgan fingerprint density at radius 3 is 2.71 bits per heavy atom. The number of aromatic nitrogens is 1. The number of anilines is 1. The van der Waals surface area contributed by atoms with Crippen molar-refractivity contribution >= 4 is 22.9 Å². The summed E-state index contributed by atoms with van der Waals surface area (Å²) in [7, 11) is 0. The maximum atomic E-state index is 11.7. The third kappa shape index (κ3) is 3.26. The van der Waals surface area contributed by atoms with Crippen LogP contribution in [-0.2, 0) is 11.3 Å². The van der Waals surface area contributed by atoms with Crippen LogP contribution in [0.2, 0.25) is 0 Å². The summed E-state index contributed by atoms with van der Waals surface area (Å²) in [5.41, 5.74) is 8.81. The Balaban J connectivity index is 2.21. The van der Waals surface area contributed by atoms with Gasteiger partial charge in [0.15, 0.2) is 11.4 Å². The summed E-state index contributed by atoms with van der Waals surface area (Å²) in [6.07, 6.45) is -0.446. The van der Waals surface area contributed by atoms with Crippen LogP contribution in [0.5, 0.6) is 0 Å². The van der Waals surface area contributed by atoms with Gasteiger partial charge in [-0.05, 0) is 51.8 Å². The highest BCUT2D eigenvalue weighted by Gasteiger charge is 2.18. The molecule has 1 aromatic heterocycles. The van der Waals surface area contributed by atoms with E-state index in [2.05, 4.69) is 10.5 Å². The predicted octanol–water partition coefficient (Wildman–Crippen LogP) is 3.05. The molecule has 3 N–H and O–H groups in total. The molecule has 6 nitrogen and oxygen atoms in total. The second-order valence-electron chi connectivity index (χ2n) is 6.10. The van der Waals surface area contributed by atoms with Crippen molar-refractivity contribution in [3.8, 4) is 0 Å². The van der Waals surface area contributed by atoms with Crippen molar-refractivity contribution in [1.82, 2.24) is 10.5 Å². The number of nitrogens with one attached hydrogen (secondary N) is 1. The normalized spacial score (nSPS) is 11.7. The van der Waals surface area contributed by atoms with Crippen LogP contribution in [0.3, 0.4) is 0 Å². The zero-order valence-corrected chi connectivity index (χ0v) is 13.0. The lowest BCUT2D eigenvalue weighted by molar-refractivity contribution is 0.0523. The van der Waals surface area contributed by atoms with Crippen molar-refractivity contribution < 1.29 is 14.1 Å². The lowest BCUT2D eigenvalue weighted by atomic mass is 10.00. The first-order valence-electron chi connectivity index (χ1n) is 6.80. The van der Waals surface area contributed by atoms with E-state index in [9.17, 15) is 4.79 Å². The number of hydrogen-bond acceptors (Lipinski definition) is 5. The fourth-order valence-electron chi connectivity index (χ4n) is 2.20. The number of ether oxygens (including phenoxy) is 1. The molecule has 0 fully saturated rings. The number of rotatable bonds is 2. The number of carbonyl (C=O) groups is 1. The van der Waals surface area contributed by atoms with Gasteiger partial charge in [0, 0.05) is 12.1 Å². The van der Waals surface area contributed by atoms with Gasteiger partial charge < -0.3 is 20.3 Å². The monoisotopic (exact) mass is 291 g/mol. The number of fused-ring (bicyclic) bond motifs is 1. The zero-order valence-electron chi connectivity index (χ0n) is 13.0. The van der Waals surface area contributed by atoms with Crippen molar-refractivity contribution in [2.45, 2.75) is 46.8 Å². The lowest BCUT2D eigenvalue weighted by Gasteiger charge is -2.20. The molecule has 0 unspecified atom stereocenters. The zero-order chi connectivity index (χ0) is 15.8. The molecule has 6 heteroatoms. The summed E-state index contributed by atoms with van der Waals surface area (Å²) in [6.45, 7) is 9.73. The van der Waals surface area contributed by atoms with Gasteiger partial charge in [0.1, 0.15) is 5.60 Å². The van der Waals surface area contributed by atoms with Crippen LogP contribution in [0.1, 0.15) is 37.5 Å². The molecule has 2 rings (SSSR count). The van der Waals surface area contributed by atoms with Gasteiger partial charge in [-0.3, -0.25) is 0 Å². The topological polar surface area (TPSA) is 90.4 Å². The molecular weight excluding hydrogens is 270 g/mol. The summed E-state index contributed by atoms with van der Waals surface area (Å²) in [4.78, 5) is 11.7. The first-order chi connectivity index (χ1) is 9.69. The van der Waals surface area contributed by atoms with E-state index in [1.54, 1.807) is 0 Å². The standard InChI is InChI=1S/C15H21N3O3/c1-8-6-10-12(21-18-13(10)16)9(2)11(8)7-17-14(19)20-15(3,4)5/h6H,7H2,1-5H3,(H2,16,18)(H,17,19). The Morgan fingerprint density at radius 1 is 1.43 bits per heavy atom. The van der Waals surface area contributed by atoms with Crippen LogP contribution < -0.4 is 11.1 Å². The number of nitrogen functional groups attached to an aromatic ring is 1. The maximum absolute atomic E-state index is 11.7. The van der Waals surface area contributed by atoms with Crippen molar-refractivity contribution in [3.05, 3.63) is 22.8 Å². The van der Waals surface area contributed by atoms with Crippen LogP contribution in [0.25, 0.3) is 11.0 Å². The average Bonchev–Trinajstić information content (AvgIpc) is 2.69. The van der Waals surface area contributed by atoms with E-state index in [0.29, 0.717) is 17.9 Å². The molecule has 2 aromatic rings. The summed E-state index contributed by atoms with van der Waals surface area (Å²) >= 11 is 0. The molecule has 0 aliphatic rings. The third-order valence-electron chi connectivity index (χ3n) is 3.19. The Kier molecular flexibility index (Phi) is 3.80. The van der Waals surface area contributed by atoms with E-state index in [1.165, 1.54) is 0 Å². The van der Waals surface area contributed by atoms with E-state index in [-0.39, 0.29) is 0 Å². The van der Waals surface area contributed by atoms with E-state index >= 15 is 0 Å². The third-order valence-corrected chi connectivity index (χ3v) is 3.19. The molecule has 1 heterocycles. The Bertz CT molecular complexity index is 684. The molecular formula is C15H21N3O3. The van der Waals surface area contributed by atoms with Gasteiger partial charge in [-0.2, -0.15) is 0 Å². The molecule has 0 saturated carbocycles. The molecule has 0 radical (unpaired) electrons. The molecule has 1 amide bonds. The smallest absolute Gasteiger partial charge is 0.407 e. The molecule has 0 saturated heterocycles. The largest absolute Gasteiger partial charge is 0.444 e. The number of benzene rings is 1. The van der Waals surface area contributed by atoms with Crippen molar-refractivity contribution in [2.24, 2.45) is 0 Å². The minimum Gasteiger partial charge on any atom is -0.444 e. The fourth-order valence-corrected chi connectivity index (χ4v) is 2.20. The summed E-state index contributed by atoms with van der Waals surface area (Å²) in [5.74, 6) is 0.378. The number of nitrogens with zero attached hydrogens (tertiary/aromatic N) is 1. The quantitative estimate of drug-likeness (QED) is 0.887. The summed E-state index contributed by atoms with van der Waals surface area (Å²) < 4.78 is 10.5. The summed E-state index contributed by atoms with van der Waals surface area (Å²) in [5, 5.41) is 7.32. The molecule has 0 bridgehead atoms. The van der Waals surface area contributed by atoms with Crippen molar-refractivity contribution in [1.29, 1.82) is 0 Å². The van der Waals surface area contributed by atoms with E-state index in [4.69, 9.17) is 15.0 Å². The second-order valence-corrected chi connectivity index (χ2v) is 6.10. The van der Waals surface area contributed by atoms with Crippen LogP contribution >= 0.6 is 0 Å². The van der Waals surface area contributed by atoms with E-state index < -0.39 is 11.7 Å². The maximum Gasteiger partial charge on any atom is 0.407 e. The minimum absolute atomic E-state index is 0.364. The van der Waals surface area contributed by atoms with Crippen LogP contribution in [-0.4, -0.2) is 16.9 Å². The van der Waals surface area contributed by atoms with Crippen LogP contribution in [0.4, 0.5) is 10.6 Å². The first-order valence-corrected chi connectivity index (χ1v) is 6.80. The molecule has 0 atom stereocenters. The van der Waals surface area contributed by atoms with Crippen molar-refractivity contribution in [3.63, 3.8) is 0 Å².